The minimum atomic E-state index is -1.04. The molecule has 1 aromatic carbocycles. The molecule has 6 heteroatoms. The molecule has 1 N–H and O–H groups in total. The van der Waals surface area contributed by atoms with Crippen LogP contribution in [0.2, 0.25) is 0 Å². The Morgan fingerprint density at radius 2 is 1.80 bits per heavy atom. The molecule has 1 atom stereocenters. The maximum atomic E-state index is 11.6. The van der Waals surface area contributed by atoms with Crippen molar-refractivity contribution in [3.05, 3.63) is 42.0 Å². The molecule has 1 rings (SSSR count). The van der Waals surface area contributed by atoms with E-state index in [1.54, 1.807) is 52.2 Å². The first kappa shape index (κ1) is 20.7. The number of ether oxygens (including phenoxy) is 3. The maximum Gasteiger partial charge on any atom is 0.333 e. The molecule has 1 aromatic rings. The number of rotatable bonds is 9. The predicted octanol–water partition coefficient (Wildman–Crippen LogP) is 3.20. The summed E-state index contributed by atoms with van der Waals surface area (Å²) in [5.41, 5.74) is 0.300. The topological polar surface area (TPSA) is 82.1 Å². The molecular formula is C19H26O6. The van der Waals surface area contributed by atoms with Crippen molar-refractivity contribution in [1.82, 2.24) is 0 Å². The van der Waals surface area contributed by atoms with Gasteiger partial charge in [-0.05, 0) is 38.5 Å². The third kappa shape index (κ3) is 7.85. The fourth-order valence-corrected chi connectivity index (χ4v) is 1.79. The second-order valence-electron chi connectivity index (χ2n) is 6.54. The number of carbonyl (C=O) groups excluding carboxylic acids is 1. The molecule has 0 bridgehead atoms. The van der Waals surface area contributed by atoms with Crippen molar-refractivity contribution in [2.75, 3.05) is 13.7 Å². The number of benzene rings is 1. The van der Waals surface area contributed by atoms with Gasteiger partial charge in [-0.25, -0.2) is 4.79 Å². The fourth-order valence-electron chi connectivity index (χ4n) is 1.79. The minimum Gasteiger partial charge on any atom is -0.497 e. The molecule has 0 radical (unpaired) electrons. The lowest BCUT2D eigenvalue weighted by molar-refractivity contribution is -0.152. The molecule has 0 saturated carbocycles. The van der Waals surface area contributed by atoms with Crippen molar-refractivity contribution >= 4 is 11.9 Å². The van der Waals surface area contributed by atoms with Gasteiger partial charge in [-0.1, -0.05) is 24.3 Å². The number of carbonyl (C=O) groups is 2. The van der Waals surface area contributed by atoms with Gasteiger partial charge in [0.05, 0.1) is 19.1 Å². The van der Waals surface area contributed by atoms with Crippen molar-refractivity contribution < 1.29 is 28.9 Å². The summed E-state index contributed by atoms with van der Waals surface area (Å²) in [7, 11) is 1.58. The van der Waals surface area contributed by atoms with Crippen LogP contribution in [0.4, 0.5) is 0 Å². The standard InChI is InChI=1S/C19H26O6/c1-19(2,3)18(22)24-12-6-5-7-16(17(20)21)25-13-14-8-10-15(23-4)11-9-14/h5-6,8-11,16H,7,12-13H2,1-4H3,(H,20,21)/b6-5+. The number of aliphatic carboxylic acids is 1. The van der Waals surface area contributed by atoms with Crippen molar-refractivity contribution in [3.8, 4) is 5.75 Å². The summed E-state index contributed by atoms with van der Waals surface area (Å²) < 4.78 is 15.6. The third-order valence-electron chi connectivity index (χ3n) is 3.33. The van der Waals surface area contributed by atoms with E-state index in [-0.39, 0.29) is 25.6 Å². The largest absolute Gasteiger partial charge is 0.497 e. The molecule has 0 aliphatic rings. The molecule has 138 valence electrons. The third-order valence-corrected chi connectivity index (χ3v) is 3.33. The van der Waals surface area contributed by atoms with E-state index in [2.05, 4.69) is 0 Å². The van der Waals surface area contributed by atoms with Crippen LogP contribution >= 0.6 is 0 Å². The number of hydrogen-bond acceptors (Lipinski definition) is 5. The number of hydrogen-bond donors (Lipinski definition) is 1. The van der Waals surface area contributed by atoms with Crippen LogP contribution in [0.1, 0.15) is 32.8 Å². The number of methoxy groups -OCH3 is 1. The van der Waals surface area contributed by atoms with Gasteiger partial charge in [0.1, 0.15) is 12.4 Å². The van der Waals surface area contributed by atoms with Crippen LogP contribution in [0, 0.1) is 5.41 Å². The summed E-state index contributed by atoms with van der Waals surface area (Å²) in [6, 6.07) is 7.22. The monoisotopic (exact) mass is 350 g/mol. The van der Waals surface area contributed by atoms with E-state index in [0.29, 0.717) is 0 Å². The molecule has 6 nitrogen and oxygen atoms in total. The van der Waals surface area contributed by atoms with Gasteiger partial charge in [-0.15, -0.1) is 0 Å². The first-order valence-electron chi connectivity index (χ1n) is 8.03. The van der Waals surface area contributed by atoms with Gasteiger partial charge in [0.15, 0.2) is 6.10 Å². The van der Waals surface area contributed by atoms with E-state index in [4.69, 9.17) is 14.2 Å². The molecule has 1 unspecified atom stereocenters. The predicted molar refractivity (Wildman–Crippen MR) is 93.4 cm³/mol. The molecule has 0 aliphatic carbocycles. The Hall–Kier alpha value is -2.34. The SMILES string of the molecule is COc1ccc(COC(C/C=C/COC(=O)C(C)(C)C)C(=O)O)cc1. The summed E-state index contributed by atoms with van der Waals surface area (Å²) in [4.78, 5) is 22.9. The molecule has 25 heavy (non-hydrogen) atoms. The zero-order chi connectivity index (χ0) is 18.9. The lowest BCUT2D eigenvalue weighted by Crippen LogP contribution is -2.23. The van der Waals surface area contributed by atoms with E-state index >= 15 is 0 Å². The molecule has 0 heterocycles. The Morgan fingerprint density at radius 3 is 2.32 bits per heavy atom. The van der Waals surface area contributed by atoms with Gasteiger partial charge < -0.3 is 19.3 Å². The number of esters is 1. The van der Waals surface area contributed by atoms with Gasteiger partial charge in [0.2, 0.25) is 0 Å². The Labute approximate surface area is 148 Å². The van der Waals surface area contributed by atoms with Crippen molar-refractivity contribution in [3.63, 3.8) is 0 Å². The molecule has 0 amide bonds. The molecule has 0 aliphatic heterocycles. The highest BCUT2D eigenvalue weighted by atomic mass is 16.5. The second-order valence-corrected chi connectivity index (χ2v) is 6.54. The van der Waals surface area contributed by atoms with Crippen molar-refractivity contribution in [1.29, 1.82) is 0 Å². The average molecular weight is 350 g/mol. The van der Waals surface area contributed by atoms with Crippen LogP contribution in [0.5, 0.6) is 5.75 Å². The lowest BCUT2D eigenvalue weighted by Gasteiger charge is -2.15. The van der Waals surface area contributed by atoms with E-state index in [1.807, 2.05) is 12.1 Å². The first-order chi connectivity index (χ1) is 11.7. The van der Waals surface area contributed by atoms with Gasteiger partial charge in [-0.2, -0.15) is 0 Å². The smallest absolute Gasteiger partial charge is 0.333 e. The lowest BCUT2D eigenvalue weighted by atomic mass is 9.97. The Balaban J connectivity index is 2.42. The number of carboxylic acid groups (broad SMARTS) is 1. The highest BCUT2D eigenvalue weighted by Gasteiger charge is 2.22. The summed E-state index contributed by atoms with van der Waals surface area (Å²) in [6.07, 6.45) is 2.49. The summed E-state index contributed by atoms with van der Waals surface area (Å²) >= 11 is 0. The van der Waals surface area contributed by atoms with Crippen LogP contribution in [-0.4, -0.2) is 36.9 Å². The van der Waals surface area contributed by atoms with E-state index < -0.39 is 17.5 Å². The summed E-state index contributed by atoms with van der Waals surface area (Å²) in [6.45, 7) is 5.61. The Morgan fingerprint density at radius 1 is 1.16 bits per heavy atom. The van der Waals surface area contributed by atoms with E-state index in [0.717, 1.165) is 11.3 Å². The molecule has 0 fully saturated rings. The minimum absolute atomic E-state index is 0.112. The molecule has 0 spiro atoms. The first-order valence-corrected chi connectivity index (χ1v) is 8.03. The van der Waals surface area contributed by atoms with Crippen LogP contribution in [0.25, 0.3) is 0 Å². The van der Waals surface area contributed by atoms with Gasteiger partial charge in [0, 0.05) is 6.42 Å². The van der Waals surface area contributed by atoms with Gasteiger partial charge >= 0.3 is 11.9 Å². The van der Waals surface area contributed by atoms with E-state index in [9.17, 15) is 14.7 Å². The maximum absolute atomic E-state index is 11.6. The van der Waals surface area contributed by atoms with Crippen LogP contribution in [0.15, 0.2) is 36.4 Å². The summed E-state index contributed by atoms with van der Waals surface area (Å²) in [5.74, 6) is -0.612. The normalized spacial score (nSPS) is 12.8. The zero-order valence-corrected chi connectivity index (χ0v) is 15.2. The highest BCUT2D eigenvalue weighted by molar-refractivity contribution is 5.75. The summed E-state index contributed by atoms with van der Waals surface area (Å²) in [5, 5.41) is 9.22. The van der Waals surface area contributed by atoms with Crippen LogP contribution in [-0.2, 0) is 25.7 Å². The van der Waals surface area contributed by atoms with Crippen LogP contribution < -0.4 is 4.74 Å². The van der Waals surface area contributed by atoms with Gasteiger partial charge in [-0.3, -0.25) is 4.79 Å². The van der Waals surface area contributed by atoms with Gasteiger partial charge in [0.25, 0.3) is 0 Å². The Kier molecular flexibility index (Phi) is 8.15. The quantitative estimate of drug-likeness (QED) is 0.544. The van der Waals surface area contributed by atoms with Crippen molar-refractivity contribution in [2.45, 2.75) is 39.9 Å². The van der Waals surface area contributed by atoms with Crippen LogP contribution in [0.3, 0.4) is 0 Å². The fraction of sp³-hybridized carbons (Fsp3) is 0.474. The second kappa shape index (κ2) is 9.84. The molecule has 0 aromatic heterocycles. The Bertz CT molecular complexity index is 583. The van der Waals surface area contributed by atoms with Crippen molar-refractivity contribution in [2.24, 2.45) is 5.41 Å². The molecular weight excluding hydrogens is 324 g/mol. The average Bonchev–Trinajstić information content (AvgIpc) is 2.56. The zero-order valence-electron chi connectivity index (χ0n) is 15.2. The molecule has 0 saturated heterocycles. The van der Waals surface area contributed by atoms with E-state index in [1.165, 1.54) is 0 Å². The number of carboxylic acids is 1. The highest BCUT2D eigenvalue weighted by Crippen LogP contribution is 2.15.